The summed E-state index contributed by atoms with van der Waals surface area (Å²) in [6.45, 7) is 5.87. The minimum absolute atomic E-state index is 0.691. The summed E-state index contributed by atoms with van der Waals surface area (Å²) in [7, 11) is 4.19. The number of aromatic nitrogens is 1. The highest BCUT2D eigenvalue weighted by atomic mass is 32.2. The van der Waals surface area contributed by atoms with Crippen molar-refractivity contribution >= 4 is 22.7 Å². The Kier molecular flexibility index (Phi) is 5.26. The highest BCUT2D eigenvalue weighted by Gasteiger charge is 2.06. The maximum Gasteiger partial charge on any atom is 0.120 e. The van der Waals surface area contributed by atoms with Crippen molar-refractivity contribution in [2.24, 2.45) is 0 Å². The van der Waals surface area contributed by atoms with Crippen molar-refractivity contribution in [2.45, 2.75) is 18.9 Å². The van der Waals surface area contributed by atoms with E-state index in [1.807, 2.05) is 30.8 Å². The molecule has 0 aliphatic heterocycles. The molecular formula is C16H22N2OS. The van der Waals surface area contributed by atoms with E-state index in [0.717, 1.165) is 34.0 Å². The topological polar surface area (TPSA) is 25.4 Å². The van der Waals surface area contributed by atoms with Gasteiger partial charge in [-0.2, -0.15) is 0 Å². The first kappa shape index (κ1) is 15.1. The first-order valence-corrected chi connectivity index (χ1v) is 7.90. The van der Waals surface area contributed by atoms with E-state index in [0.29, 0.717) is 6.61 Å². The van der Waals surface area contributed by atoms with E-state index < -0.39 is 0 Å². The van der Waals surface area contributed by atoms with Gasteiger partial charge in [0.05, 0.1) is 17.1 Å². The van der Waals surface area contributed by atoms with Gasteiger partial charge in [0.15, 0.2) is 0 Å². The maximum absolute atomic E-state index is 5.54. The predicted molar refractivity (Wildman–Crippen MR) is 86.9 cm³/mol. The SMILES string of the molecule is CCOc1ccc2nc(SCCN(C)C)c(C)cc2c1. The highest BCUT2D eigenvalue weighted by Crippen LogP contribution is 2.26. The van der Waals surface area contributed by atoms with Gasteiger partial charge in [-0.05, 0) is 57.8 Å². The van der Waals surface area contributed by atoms with Crippen LogP contribution in [0, 0.1) is 6.92 Å². The molecule has 0 bridgehead atoms. The summed E-state index contributed by atoms with van der Waals surface area (Å²) in [4.78, 5) is 6.95. The minimum Gasteiger partial charge on any atom is -0.494 e. The molecule has 0 spiro atoms. The summed E-state index contributed by atoms with van der Waals surface area (Å²) in [5, 5.41) is 2.27. The lowest BCUT2D eigenvalue weighted by Crippen LogP contribution is -2.14. The molecule has 4 heteroatoms. The fraction of sp³-hybridized carbons (Fsp3) is 0.438. The van der Waals surface area contributed by atoms with Gasteiger partial charge in [0.2, 0.25) is 0 Å². The summed E-state index contributed by atoms with van der Waals surface area (Å²) in [5.74, 6) is 1.97. The van der Waals surface area contributed by atoms with Crippen LogP contribution in [0.3, 0.4) is 0 Å². The second-order valence-electron chi connectivity index (χ2n) is 5.05. The monoisotopic (exact) mass is 290 g/mol. The number of fused-ring (bicyclic) bond motifs is 1. The van der Waals surface area contributed by atoms with Crippen molar-refractivity contribution < 1.29 is 4.74 Å². The number of aryl methyl sites for hydroxylation is 1. The number of nitrogens with zero attached hydrogens (tertiary/aromatic N) is 2. The molecule has 0 atom stereocenters. The molecule has 0 unspecified atom stereocenters. The summed E-state index contributed by atoms with van der Waals surface area (Å²) in [6, 6.07) is 8.29. The lowest BCUT2D eigenvalue weighted by molar-refractivity contribution is 0.340. The quantitative estimate of drug-likeness (QED) is 0.759. The number of thioether (sulfide) groups is 1. The Morgan fingerprint density at radius 1 is 1.25 bits per heavy atom. The first-order valence-electron chi connectivity index (χ1n) is 6.92. The fourth-order valence-electron chi connectivity index (χ4n) is 1.97. The molecule has 0 radical (unpaired) electrons. The Bertz CT molecular complexity index is 584. The van der Waals surface area contributed by atoms with Crippen molar-refractivity contribution in [2.75, 3.05) is 33.0 Å². The standard InChI is InChI=1S/C16H22N2OS/c1-5-19-14-6-7-15-13(11-14)10-12(2)16(17-15)20-9-8-18(3)4/h6-7,10-11H,5,8-9H2,1-4H3. The number of rotatable bonds is 6. The molecule has 108 valence electrons. The molecule has 0 aliphatic carbocycles. The van der Waals surface area contributed by atoms with Crippen molar-refractivity contribution in [3.05, 3.63) is 29.8 Å². The Balaban J connectivity index is 2.21. The van der Waals surface area contributed by atoms with Crippen molar-refractivity contribution in [1.82, 2.24) is 9.88 Å². The van der Waals surface area contributed by atoms with Crippen LogP contribution in [0.15, 0.2) is 29.3 Å². The van der Waals surface area contributed by atoms with Crippen LogP contribution in [0.4, 0.5) is 0 Å². The van der Waals surface area contributed by atoms with E-state index in [2.05, 4.69) is 38.1 Å². The Morgan fingerprint density at radius 3 is 2.75 bits per heavy atom. The molecule has 20 heavy (non-hydrogen) atoms. The second kappa shape index (κ2) is 6.95. The van der Waals surface area contributed by atoms with E-state index in [-0.39, 0.29) is 0 Å². The molecule has 0 fully saturated rings. The smallest absolute Gasteiger partial charge is 0.120 e. The van der Waals surface area contributed by atoms with Crippen molar-refractivity contribution in [3.63, 3.8) is 0 Å². The minimum atomic E-state index is 0.691. The summed E-state index contributed by atoms with van der Waals surface area (Å²) in [5.41, 5.74) is 2.27. The van der Waals surface area contributed by atoms with Crippen LogP contribution in [-0.4, -0.2) is 42.9 Å². The van der Waals surface area contributed by atoms with Gasteiger partial charge in [0, 0.05) is 17.7 Å². The number of hydrogen-bond acceptors (Lipinski definition) is 4. The van der Waals surface area contributed by atoms with Gasteiger partial charge in [0.25, 0.3) is 0 Å². The molecule has 0 saturated heterocycles. The lowest BCUT2D eigenvalue weighted by atomic mass is 10.1. The number of ether oxygens (including phenoxy) is 1. The molecule has 1 aromatic carbocycles. The van der Waals surface area contributed by atoms with Gasteiger partial charge in [-0.1, -0.05) is 0 Å². The molecule has 0 aliphatic rings. The lowest BCUT2D eigenvalue weighted by Gasteiger charge is -2.11. The number of benzene rings is 1. The van der Waals surface area contributed by atoms with Crippen LogP contribution in [0.1, 0.15) is 12.5 Å². The van der Waals surface area contributed by atoms with Crippen LogP contribution in [0.5, 0.6) is 5.75 Å². The molecule has 0 amide bonds. The summed E-state index contributed by atoms with van der Waals surface area (Å²) in [6.07, 6.45) is 0. The van der Waals surface area contributed by atoms with Gasteiger partial charge < -0.3 is 9.64 Å². The van der Waals surface area contributed by atoms with Crippen LogP contribution in [0.25, 0.3) is 10.9 Å². The fourth-order valence-corrected chi connectivity index (χ4v) is 3.07. The van der Waals surface area contributed by atoms with Crippen LogP contribution < -0.4 is 4.74 Å². The molecule has 0 N–H and O–H groups in total. The molecule has 1 heterocycles. The van der Waals surface area contributed by atoms with E-state index in [1.54, 1.807) is 0 Å². The van der Waals surface area contributed by atoms with Crippen molar-refractivity contribution in [3.8, 4) is 5.75 Å². The van der Waals surface area contributed by atoms with E-state index in [4.69, 9.17) is 9.72 Å². The zero-order chi connectivity index (χ0) is 14.5. The first-order chi connectivity index (χ1) is 9.60. The maximum atomic E-state index is 5.54. The normalized spacial score (nSPS) is 11.2. The Labute approximate surface area is 125 Å². The van der Waals surface area contributed by atoms with E-state index in [1.165, 1.54) is 5.56 Å². The predicted octanol–water partition coefficient (Wildman–Crippen LogP) is 3.60. The number of pyridine rings is 1. The van der Waals surface area contributed by atoms with E-state index in [9.17, 15) is 0 Å². The largest absolute Gasteiger partial charge is 0.494 e. The molecular weight excluding hydrogens is 268 g/mol. The van der Waals surface area contributed by atoms with E-state index >= 15 is 0 Å². The zero-order valence-electron chi connectivity index (χ0n) is 12.6. The molecule has 2 rings (SSSR count). The molecule has 3 nitrogen and oxygen atoms in total. The van der Waals surface area contributed by atoms with Gasteiger partial charge in [-0.25, -0.2) is 4.98 Å². The van der Waals surface area contributed by atoms with Gasteiger partial charge >= 0.3 is 0 Å². The van der Waals surface area contributed by atoms with Crippen LogP contribution >= 0.6 is 11.8 Å². The second-order valence-corrected chi connectivity index (χ2v) is 6.13. The third-order valence-electron chi connectivity index (χ3n) is 3.02. The Morgan fingerprint density at radius 2 is 2.05 bits per heavy atom. The third-order valence-corrected chi connectivity index (χ3v) is 4.09. The Hall–Kier alpha value is -1.26. The number of hydrogen-bond donors (Lipinski definition) is 0. The molecule has 2 aromatic rings. The molecule has 1 aromatic heterocycles. The van der Waals surface area contributed by atoms with Gasteiger partial charge in [-0.3, -0.25) is 0 Å². The third kappa shape index (κ3) is 3.87. The van der Waals surface area contributed by atoms with Crippen molar-refractivity contribution in [1.29, 1.82) is 0 Å². The highest BCUT2D eigenvalue weighted by molar-refractivity contribution is 7.99. The summed E-state index contributed by atoms with van der Waals surface area (Å²) >= 11 is 1.82. The van der Waals surface area contributed by atoms with Gasteiger partial charge in [0.1, 0.15) is 5.75 Å². The average Bonchev–Trinajstić information content (AvgIpc) is 2.39. The summed E-state index contributed by atoms with van der Waals surface area (Å²) < 4.78 is 5.54. The average molecular weight is 290 g/mol. The van der Waals surface area contributed by atoms with Gasteiger partial charge in [-0.15, -0.1) is 11.8 Å². The van der Waals surface area contributed by atoms with Crippen LogP contribution in [-0.2, 0) is 0 Å². The zero-order valence-corrected chi connectivity index (χ0v) is 13.5. The van der Waals surface area contributed by atoms with Crippen LogP contribution in [0.2, 0.25) is 0 Å². The molecule has 0 saturated carbocycles.